The predicted octanol–water partition coefficient (Wildman–Crippen LogP) is 2.62. The summed E-state index contributed by atoms with van der Waals surface area (Å²) in [4.78, 5) is 21.4. The number of nitrogens with zero attached hydrogens (tertiary/aromatic N) is 1. The smallest absolute Gasteiger partial charge is 0.311 e. The van der Waals surface area contributed by atoms with Gasteiger partial charge >= 0.3 is 5.69 Å². The largest absolute Gasteiger partial charge is 0.483 e. The second-order valence-corrected chi connectivity index (χ2v) is 4.24. The molecule has 1 saturated carbocycles. The van der Waals surface area contributed by atoms with Gasteiger partial charge < -0.3 is 4.74 Å². The number of halogens is 1. The van der Waals surface area contributed by atoms with Crippen LogP contribution in [0.25, 0.3) is 0 Å². The molecule has 1 aromatic rings. The van der Waals surface area contributed by atoms with E-state index in [4.69, 9.17) is 4.74 Å². The van der Waals surface area contributed by atoms with Crippen LogP contribution < -0.4 is 4.74 Å². The lowest BCUT2D eigenvalue weighted by Gasteiger charge is -2.22. The van der Waals surface area contributed by atoms with Crippen molar-refractivity contribution in [2.75, 3.05) is 0 Å². The van der Waals surface area contributed by atoms with Gasteiger partial charge in [-0.3, -0.25) is 14.9 Å². The van der Waals surface area contributed by atoms with E-state index in [1.54, 1.807) is 0 Å². The molecule has 0 amide bonds. The number of ether oxygens (including phenoxy) is 1. The molecule has 96 valence electrons. The van der Waals surface area contributed by atoms with Crippen LogP contribution in [0.3, 0.4) is 0 Å². The fourth-order valence-electron chi connectivity index (χ4n) is 2.00. The first-order valence-electron chi connectivity index (χ1n) is 5.68. The molecule has 18 heavy (non-hydrogen) atoms. The number of hydrogen-bond acceptors (Lipinski definition) is 4. The van der Waals surface area contributed by atoms with Crippen molar-refractivity contribution >= 4 is 11.5 Å². The van der Waals surface area contributed by atoms with Crippen LogP contribution in [-0.4, -0.2) is 16.8 Å². The zero-order chi connectivity index (χ0) is 13.1. The molecule has 0 saturated heterocycles. The summed E-state index contributed by atoms with van der Waals surface area (Å²) >= 11 is 0. The molecule has 6 heteroatoms. The summed E-state index contributed by atoms with van der Waals surface area (Å²) in [5, 5.41) is 10.8. The van der Waals surface area contributed by atoms with Crippen LogP contribution >= 0.6 is 0 Å². The number of carbonyl (C=O) groups is 1. The molecule has 0 radical (unpaired) electrons. The Kier molecular flexibility index (Phi) is 3.55. The summed E-state index contributed by atoms with van der Waals surface area (Å²) in [5.41, 5.74) is -0.283. The molecule has 1 aliphatic carbocycles. The van der Waals surface area contributed by atoms with Crippen LogP contribution in [0.4, 0.5) is 10.1 Å². The predicted molar refractivity (Wildman–Crippen MR) is 60.9 cm³/mol. The first-order valence-corrected chi connectivity index (χ1v) is 5.68. The average Bonchev–Trinajstić information content (AvgIpc) is 2.28. The molecule has 0 aromatic heterocycles. The van der Waals surface area contributed by atoms with Gasteiger partial charge in [-0.05, 0) is 18.9 Å². The Morgan fingerprint density at radius 2 is 2.22 bits per heavy atom. The van der Waals surface area contributed by atoms with Gasteiger partial charge in [0.1, 0.15) is 17.7 Å². The maximum Gasteiger partial charge on any atom is 0.311 e. The Hall–Kier alpha value is -1.98. The van der Waals surface area contributed by atoms with E-state index in [1.165, 1.54) is 0 Å². The summed E-state index contributed by atoms with van der Waals surface area (Å²) in [7, 11) is 0. The van der Waals surface area contributed by atoms with Crippen LogP contribution in [-0.2, 0) is 4.79 Å². The van der Waals surface area contributed by atoms with Crippen LogP contribution in [0.15, 0.2) is 18.2 Å². The maximum absolute atomic E-state index is 13.1. The average molecular weight is 253 g/mol. The lowest BCUT2D eigenvalue weighted by Crippen LogP contribution is -2.25. The monoisotopic (exact) mass is 253 g/mol. The highest BCUT2D eigenvalue weighted by Gasteiger charge is 2.24. The molecule has 1 unspecified atom stereocenters. The molecule has 0 bridgehead atoms. The van der Waals surface area contributed by atoms with Crippen molar-refractivity contribution in [2.45, 2.75) is 31.8 Å². The second-order valence-electron chi connectivity index (χ2n) is 4.24. The van der Waals surface area contributed by atoms with Gasteiger partial charge in [-0.25, -0.2) is 4.39 Å². The van der Waals surface area contributed by atoms with Crippen molar-refractivity contribution in [3.63, 3.8) is 0 Å². The minimum absolute atomic E-state index is 0.0744. The Morgan fingerprint density at radius 3 is 2.89 bits per heavy atom. The number of Topliss-reactive ketones (excluding diaryl/α,β-unsaturated/α-hetero) is 1. The molecule has 1 atom stereocenters. The van der Waals surface area contributed by atoms with E-state index < -0.39 is 16.8 Å². The van der Waals surface area contributed by atoms with Gasteiger partial charge in [0.2, 0.25) is 0 Å². The van der Waals surface area contributed by atoms with E-state index in [9.17, 15) is 19.3 Å². The third kappa shape index (κ3) is 2.82. The van der Waals surface area contributed by atoms with E-state index in [0.717, 1.165) is 18.2 Å². The van der Waals surface area contributed by atoms with Crippen LogP contribution in [0.1, 0.15) is 25.7 Å². The van der Waals surface area contributed by atoms with E-state index in [2.05, 4.69) is 0 Å². The van der Waals surface area contributed by atoms with Gasteiger partial charge in [-0.1, -0.05) is 0 Å². The van der Waals surface area contributed by atoms with E-state index in [1.807, 2.05) is 0 Å². The van der Waals surface area contributed by atoms with E-state index >= 15 is 0 Å². The van der Waals surface area contributed by atoms with Gasteiger partial charge in [-0.2, -0.15) is 0 Å². The zero-order valence-electron chi connectivity index (χ0n) is 9.60. The molecule has 0 N–H and O–H groups in total. The molecule has 0 heterocycles. The summed E-state index contributed by atoms with van der Waals surface area (Å²) in [6, 6.07) is 3.06. The second kappa shape index (κ2) is 5.12. The van der Waals surface area contributed by atoms with Gasteiger partial charge in [0.05, 0.1) is 4.92 Å². The van der Waals surface area contributed by atoms with Crippen LogP contribution in [0.2, 0.25) is 0 Å². The third-order valence-electron chi connectivity index (χ3n) is 2.85. The summed E-state index contributed by atoms with van der Waals surface area (Å²) < 4.78 is 18.5. The molecule has 0 spiro atoms. The van der Waals surface area contributed by atoms with Crippen molar-refractivity contribution < 1.29 is 18.8 Å². The normalized spacial score (nSPS) is 19.6. The highest BCUT2D eigenvalue weighted by molar-refractivity contribution is 5.79. The molecular formula is C12H12FNO4. The van der Waals surface area contributed by atoms with Crippen LogP contribution in [0.5, 0.6) is 5.75 Å². The highest BCUT2D eigenvalue weighted by Crippen LogP contribution is 2.30. The number of nitro groups is 1. The molecule has 2 rings (SSSR count). The number of benzene rings is 1. The van der Waals surface area contributed by atoms with Gasteiger partial charge in [-0.15, -0.1) is 0 Å². The van der Waals surface area contributed by atoms with Crippen molar-refractivity contribution in [1.29, 1.82) is 0 Å². The lowest BCUT2D eigenvalue weighted by molar-refractivity contribution is -0.386. The number of carbonyl (C=O) groups excluding carboxylic acids is 1. The summed E-state index contributed by atoms with van der Waals surface area (Å²) in [6.45, 7) is 0. The highest BCUT2D eigenvalue weighted by atomic mass is 19.1. The first-order chi connectivity index (χ1) is 8.56. The number of hydrogen-bond donors (Lipinski definition) is 0. The minimum atomic E-state index is -0.626. The lowest BCUT2D eigenvalue weighted by atomic mass is 9.96. The molecular weight excluding hydrogens is 241 g/mol. The number of nitro benzene ring substituents is 1. The van der Waals surface area contributed by atoms with E-state index in [-0.39, 0.29) is 23.6 Å². The van der Waals surface area contributed by atoms with Crippen molar-refractivity contribution in [2.24, 2.45) is 0 Å². The molecule has 1 fully saturated rings. The zero-order valence-corrected chi connectivity index (χ0v) is 9.60. The fraction of sp³-hybridized carbons (Fsp3) is 0.417. The minimum Gasteiger partial charge on any atom is -0.483 e. The third-order valence-corrected chi connectivity index (χ3v) is 2.85. The van der Waals surface area contributed by atoms with Crippen LogP contribution in [0, 0.1) is 15.9 Å². The Morgan fingerprint density at radius 1 is 1.44 bits per heavy atom. The first kappa shape index (κ1) is 12.5. The SMILES string of the molecule is O=C1CCCC(Oc2cc(F)ccc2[N+](=O)[O-])C1. The van der Waals surface area contributed by atoms with Crippen molar-refractivity contribution in [3.05, 3.63) is 34.1 Å². The van der Waals surface area contributed by atoms with Gasteiger partial charge in [0, 0.05) is 25.0 Å². The standard InChI is InChI=1S/C12H12FNO4/c13-8-4-5-11(14(16)17)12(6-8)18-10-3-1-2-9(15)7-10/h4-6,10H,1-3,7H2. The van der Waals surface area contributed by atoms with Gasteiger partial charge in [0.25, 0.3) is 0 Å². The molecule has 0 aliphatic heterocycles. The Labute approximate surface area is 103 Å². The quantitative estimate of drug-likeness (QED) is 0.613. The van der Waals surface area contributed by atoms with E-state index in [0.29, 0.717) is 19.3 Å². The maximum atomic E-state index is 13.1. The summed E-state index contributed by atoms with van der Waals surface area (Å²) in [5.74, 6) is -0.636. The molecule has 1 aliphatic rings. The topological polar surface area (TPSA) is 69.4 Å². The Bertz CT molecular complexity index is 489. The van der Waals surface area contributed by atoms with Crippen molar-refractivity contribution in [1.82, 2.24) is 0 Å². The Balaban J connectivity index is 2.19. The van der Waals surface area contributed by atoms with Crippen molar-refractivity contribution in [3.8, 4) is 5.75 Å². The summed E-state index contributed by atoms with van der Waals surface area (Å²) in [6.07, 6.45) is 1.71. The molecule has 5 nitrogen and oxygen atoms in total. The number of rotatable bonds is 3. The fourth-order valence-corrected chi connectivity index (χ4v) is 2.00. The number of ketones is 1. The molecule has 1 aromatic carbocycles. The van der Waals surface area contributed by atoms with Gasteiger partial charge in [0.15, 0.2) is 5.75 Å².